The predicted molar refractivity (Wildman–Crippen MR) is 39.4 cm³/mol. The maximum atomic E-state index is 10.3. The standard InChI is InChI=1S/C5H10N2O2.Na.H/c8-5(9)4-3-6-1-2-7-4;;/h4,6-7H,1-3H2,(H,8,9);;. The minimum atomic E-state index is -0.776. The predicted octanol–water partition coefficient (Wildman–Crippen LogP) is -2.02. The Hall–Kier alpha value is 0.390. The Bertz CT molecular complexity index is 114. The molecule has 1 aliphatic rings. The van der Waals surface area contributed by atoms with Crippen LogP contribution in [0, 0.1) is 0 Å². The summed E-state index contributed by atoms with van der Waals surface area (Å²) in [5.41, 5.74) is 0. The topological polar surface area (TPSA) is 61.4 Å². The third kappa shape index (κ3) is 2.98. The van der Waals surface area contributed by atoms with Crippen molar-refractivity contribution in [3.8, 4) is 0 Å². The molecule has 1 unspecified atom stereocenters. The van der Waals surface area contributed by atoms with Gasteiger partial charge >= 0.3 is 35.5 Å². The molecule has 3 N–H and O–H groups in total. The van der Waals surface area contributed by atoms with E-state index in [-0.39, 0.29) is 29.6 Å². The molecule has 0 aliphatic carbocycles. The summed E-state index contributed by atoms with van der Waals surface area (Å²) in [6.07, 6.45) is 0. The summed E-state index contributed by atoms with van der Waals surface area (Å²) < 4.78 is 0. The van der Waals surface area contributed by atoms with E-state index in [0.29, 0.717) is 6.54 Å². The van der Waals surface area contributed by atoms with E-state index in [1.54, 1.807) is 0 Å². The van der Waals surface area contributed by atoms with Crippen LogP contribution in [0.25, 0.3) is 0 Å². The molecule has 0 radical (unpaired) electrons. The van der Waals surface area contributed by atoms with Gasteiger partial charge < -0.3 is 15.7 Å². The van der Waals surface area contributed by atoms with Crippen molar-refractivity contribution >= 4 is 35.5 Å². The Morgan fingerprint density at radius 1 is 1.50 bits per heavy atom. The number of carboxylic acids is 1. The van der Waals surface area contributed by atoms with Crippen LogP contribution in [0.5, 0.6) is 0 Å². The molecule has 54 valence electrons. The van der Waals surface area contributed by atoms with Crippen LogP contribution in [0.3, 0.4) is 0 Å². The number of carboxylic acid groups (broad SMARTS) is 1. The summed E-state index contributed by atoms with van der Waals surface area (Å²) in [7, 11) is 0. The van der Waals surface area contributed by atoms with Gasteiger partial charge in [-0.15, -0.1) is 0 Å². The van der Waals surface area contributed by atoms with Gasteiger partial charge in [0.05, 0.1) is 0 Å². The normalized spacial score (nSPS) is 25.0. The molecule has 1 fully saturated rings. The quantitative estimate of drug-likeness (QED) is 0.382. The van der Waals surface area contributed by atoms with E-state index in [1.807, 2.05) is 0 Å². The van der Waals surface area contributed by atoms with Crippen molar-refractivity contribution in [2.45, 2.75) is 6.04 Å². The molecular formula is C5H11N2NaO2. The van der Waals surface area contributed by atoms with E-state index < -0.39 is 12.0 Å². The van der Waals surface area contributed by atoms with Crippen LogP contribution in [-0.2, 0) is 4.79 Å². The molecule has 1 saturated heterocycles. The van der Waals surface area contributed by atoms with Gasteiger partial charge in [0.25, 0.3) is 0 Å². The zero-order valence-corrected chi connectivity index (χ0v) is 5.05. The molecule has 4 nitrogen and oxygen atoms in total. The third-order valence-corrected chi connectivity index (χ3v) is 1.34. The molecule has 0 aromatic rings. The summed E-state index contributed by atoms with van der Waals surface area (Å²) >= 11 is 0. The van der Waals surface area contributed by atoms with Crippen LogP contribution in [0.15, 0.2) is 0 Å². The first-order chi connectivity index (χ1) is 4.30. The van der Waals surface area contributed by atoms with Gasteiger partial charge in [-0.1, -0.05) is 0 Å². The fraction of sp³-hybridized carbons (Fsp3) is 0.800. The van der Waals surface area contributed by atoms with Crippen LogP contribution < -0.4 is 10.6 Å². The Balaban J connectivity index is 0.000000810. The van der Waals surface area contributed by atoms with Gasteiger partial charge in [-0.05, 0) is 0 Å². The average Bonchev–Trinajstić information content (AvgIpc) is 1.90. The van der Waals surface area contributed by atoms with Crippen LogP contribution >= 0.6 is 0 Å². The van der Waals surface area contributed by atoms with E-state index in [2.05, 4.69) is 10.6 Å². The summed E-state index contributed by atoms with van der Waals surface area (Å²) in [5.74, 6) is -0.776. The molecule has 0 aromatic heterocycles. The first kappa shape index (κ1) is 10.4. The van der Waals surface area contributed by atoms with Gasteiger partial charge in [0.2, 0.25) is 0 Å². The second-order valence-electron chi connectivity index (χ2n) is 2.05. The van der Waals surface area contributed by atoms with Crippen LogP contribution in [0.2, 0.25) is 0 Å². The molecule has 5 heteroatoms. The number of hydrogen-bond donors (Lipinski definition) is 3. The van der Waals surface area contributed by atoms with Crippen molar-refractivity contribution in [2.24, 2.45) is 0 Å². The summed E-state index contributed by atoms with van der Waals surface area (Å²) in [4.78, 5) is 10.3. The number of nitrogens with one attached hydrogen (secondary N) is 2. The zero-order valence-electron chi connectivity index (χ0n) is 5.05. The van der Waals surface area contributed by atoms with Gasteiger partial charge in [-0.3, -0.25) is 4.79 Å². The van der Waals surface area contributed by atoms with Gasteiger partial charge in [-0.2, -0.15) is 0 Å². The second-order valence-corrected chi connectivity index (χ2v) is 2.05. The zero-order chi connectivity index (χ0) is 6.69. The molecule has 1 heterocycles. The van der Waals surface area contributed by atoms with Crippen LogP contribution in [0.4, 0.5) is 0 Å². The second kappa shape index (κ2) is 5.09. The monoisotopic (exact) mass is 154 g/mol. The summed E-state index contributed by atoms with van der Waals surface area (Å²) in [6.45, 7) is 2.15. The fourth-order valence-corrected chi connectivity index (χ4v) is 0.828. The van der Waals surface area contributed by atoms with E-state index in [9.17, 15) is 4.79 Å². The number of aliphatic carboxylic acids is 1. The van der Waals surface area contributed by atoms with Crippen LogP contribution in [-0.4, -0.2) is 66.3 Å². The van der Waals surface area contributed by atoms with Crippen molar-refractivity contribution in [3.05, 3.63) is 0 Å². The Labute approximate surface area is 81.7 Å². The van der Waals surface area contributed by atoms with Gasteiger partial charge in [-0.25, -0.2) is 0 Å². The summed E-state index contributed by atoms with van der Waals surface area (Å²) in [5, 5.41) is 14.3. The molecule has 0 amide bonds. The SMILES string of the molecule is O=C(O)C1CNCCN1.[NaH]. The van der Waals surface area contributed by atoms with Gasteiger partial charge in [0.1, 0.15) is 6.04 Å². The van der Waals surface area contributed by atoms with E-state index >= 15 is 0 Å². The number of rotatable bonds is 1. The average molecular weight is 154 g/mol. The van der Waals surface area contributed by atoms with E-state index in [0.717, 1.165) is 13.1 Å². The number of carbonyl (C=O) groups is 1. The molecule has 0 aromatic carbocycles. The Kier molecular flexibility index (Phi) is 5.29. The van der Waals surface area contributed by atoms with Crippen molar-refractivity contribution < 1.29 is 9.90 Å². The molecule has 0 spiro atoms. The number of hydrogen-bond acceptors (Lipinski definition) is 3. The third-order valence-electron chi connectivity index (χ3n) is 1.34. The fourth-order valence-electron chi connectivity index (χ4n) is 0.828. The van der Waals surface area contributed by atoms with E-state index in [4.69, 9.17) is 5.11 Å². The van der Waals surface area contributed by atoms with Crippen LogP contribution in [0.1, 0.15) is 0 Å². The first-order valence-electron chi connectivity index (χ1n) is 2.97. The Morgan fingerprint density at radius 2 is 2.20 bits per heavy atom. The minimum absolute atomic E-state index is 0. The molecule has 10 heavy (non-hydrogen) atoms. The Morgan fingerprint density at radius 3 is 2.50 bits per heavy atom. The van der Waals surface area contributed by atoms with Gasteiger partial charge in [0.15, 0.2) is 0 Å². The maximum absolute atomic E-state index is 10.3. The van der Waals surface area contributed by atoms with Crippen molar-refractivity contribution in [1.82, 2.24) is 10.6 Å². The summed E-state index contributed by atoms with van der Waals surface area (Å²) in [6, 6.07) is -0.390. The molecule has 0 saturated carbocycles. The van der Waals surface area contributed by atoms with Crippen molar-refractivity contribution in [1.29, 1.82) is 0 Å². The van der Waals surface area contributed by atoms with Gasteiger partial charge in [0, 0.05) is 19.6 Å². The molecule has 0 bridgehead atoms. The van der Waals surface area contributed by atoms with E-state index in [1.165, 1.54) is 0 Å². The van der Waals surface area contributed by atoms with Crippen molar-refractivity contribution in [2.75, 3.05) is 19.6 Å². The van der Waals surface area contributed by atoms with Crippen molar-refractivity contribution in [3.63, 3.8) is 0 Å². The number of piperazine rings is 1. The molecule has 1 rings (SSSR count). The molecule has 1 aliphatic heterocycles. The first-order valence-corrected chi connectivity index (χ1v) is 2.97. The molecule has 1 atom stereocenters. The molecular weight excluding hydrogens is 143 g/mol.